The van der Waals surface area contributed by atoms with Crippen molar-refractivity contribution in [3.63, 3.8) is 0 Å². The van der Waals surface area contributed by atoms with Gasteiger partial charge < -0.3 is 5.11 Å². The second-order valence-corrected chi connectivity index (χ2v) is 5.34. The van der Waals surface area contributed by atoms with E-state index in [2.05, 4.69) is 11.2 Å². The molecule has 22 heavy (non-hydrogen) atoms. The van der Waals surface area contributed by atoms with E-state index < -0.39 is 5.97 Å². The van der Waals surface area contributed by atoms with Crippen LogP contribution in [0.1, 0.15) is 21.6 Å². The van der Waals surface area contributed by atoms with Crippen LogP contribution in [0.5, 0.6) is 0 Å². The number of carboxylic acid groups (broad SMARTS) is 1. The molecule has 0 bridgehead atoms. The van der Waals surface area contributed by atoms with Gasteiger partial charge in [0.1, 0.15) is 0 Å². The van der Waals surface area contributed by atoms with Crippen molar-refractivity contribution < 1.29 is 9.90 Å². The number of rotatable bonds is 3. The molecule has 1 heterocycles. The van der Waals surface area contributed by atoms with Crippen molar-refractivity contribution in [2.24, 2.45) is 0 Å². The van der Waals surface area contributed by atoms with E-state index in [1.165, 1.54) is 0 Å². The minimum Gasteiger partial charge on any atom is -0.476 e. The van der Waals surface area contributed by atoms with E-state index in [1.54, 1.807) is 10.7 Å². The molecule has 3 aromatic rings. The van der Waals surface area contributed by atoms with Crippen LogP contribution in [0.4, 0.5) is 0 Å². The normalized spacial score (nSPS) is 10.6. The Morgan fingerprint density at radius 3 is 2.23 bits per heavy atom. The predicted molar refractivity (Wildman–Crippen MR) is 85.4 cm³/mol. The highest BCUT2D eigenvalue weighted by molar-refractivity contribution is 5.87. The first-order valence-electron chi connectivity index (χ1n) is 7.02. The molecule has 0 saturated heterocycles. The van der Waals surface area contributed by atoms with E-state index >= 15 is 0 Å². The van der Waals surface area contributed by atoms with Crippen LogP contribution >= 0.6 is 0 Å². The van der Waals surface area contributed by atoms with Crippen molar-refractivity contribution >= 4 is 5.97 Å². The van der Waals surface area contributed by atoms with Gasteiger partial charge in [-0.3, -0.25) is 0 Å². The van der Waals surface area contributed by atoms with Crippen LogP contribution in [0.2, 0.25) is 0 Å². The Kier molecular flexibility index (Phi) is 3.51. The molecular weight excluding hydrogens is 276 g/mol. The Labute approximate surface area is 128 Å². The smallest absolute Gasteiger partial charge is 0.356 e. The van der Waals surface area contributed by atoms with Crippen LogP contribution in [0.3, 0.4) is 0 Å². The van der Waals surface area contributed by atoms with Crippen LogP contribution in [-0.4, -0.2) is 20.9 Å². The molecule has 0 spiro atoms. The van der Waals surface area contributed by atoms with Crippen molar-refractivity contribution in [2.75, 3.05) is 0 Å². The third-order valence-electron chi connectivity index (χ3n) is 3.45. The zero-order chi connectivity index (χ0) is 15.7. The van der Waals surface area contributed by atoms with Crippen LogP contribution in [0.15, 0.2) is 54.6 Å². The molecule has 0 saturated carbocycles. The second kappa shape index (κ2) is 5.48. The molecule has 0 unspecified atom stereocenters. The van der Waals surface area contributed by atoms with Gasteiger partial charge in [-0.1, -0.05) is 36.4 Å². The maximum atomic E-state index is 11.3. The van der Waals surface area contributed by atoms with E-state index in [0.29, 0.717) is 0 Å². The first kappa shape index (κ1) is 14.1. The molecule has 4 heteroatoms. The number of aryl methyl sites for hydroxylation is 2. The van der Waals surface area contributed by atoms with Crippen molar-refractivity contribution in [1.82, 2.24) is 9.78 Å². The fourth-order valence-electron chi connectivity index (χ4n) is 2.57. The third-order valence-corrected chi connectivity index (χ3v) is 3.45. The van der Waals surface area contributed by atoms with E-state index in [-0.39, 0.29) is 5.69 Å². The molecule has 1 N–H and O–H groups in total. The monoisotopic (exact) mass is 292 g/mol. The summed E-state index contributed by atoms with van der Waals surface area (Å²) in [7, 11) is 0. The van der Waals surface area contributed by atoms with E-state index in [1.807, 2.05) is 56.3 Å². The summed E-state index contributed by atoms with van der Waals surface area (Å²) in [4.78, 5) is 11.3. The number of nitrogens with zero attached hydrogens (tertiary/aromatic N) is 2. The summed E-state index contributed by atoms with van der Waals surface area (Å²) in [5.74, 6) is -1.03. The lowest BCUT2D eigenvalue weighted by Crippen LogP contribution is -2.03. The Balaban J connectivity index is 2.23. The van der Waals surface area contributed by atoms with Crippen LogP contribution in [0, 0.1) is 13.8 Å². The topological polar surface area (TPSA) is 55.1 Å². The van der Waals surface area contributed by atoms with Gasteiger partial charge in [-0.05, 0) is 43.2 Å². The minimum absolute atomic E-state index is 0.0398. The van der Waals surface area contributed by atoms with Crippen LogP contribution in [-0.2, 0) is 0 Å². The number of hydrogen-bond acceptors (Lipinski definition) is 2. The lowest BCUT2D eigenvalue weighted by Gasteiger charge is -2.09. The summed E-state index contributed by atoms with van der Waals surface area (Å²) in [5.41, 5.74) is 4.83. The van der Waals surface area contributed by atoms with Gasteiger partial charge in [-0.15, -0.1) is 0 Å². The lowest BCUT2D eigenvalue weighted by molar-refractivity contribution is 0.0690. The largest absolute Gasteiger partial charge is 0.476 e. The van der Waals surface area contributed by atoms with E-state index in [0.717, 1.165) is 28.1 Å². The van der Waals surface area contributed by atoms with Crippen molar-refractivity contribution in [3.05, 3.63) is 71.4 Å². The molecule has 110 valence electrons. The predicted octanol–water partition coefficient (Wildman–Crippen LogP) is 3.85. The number of carboxylic acids is 1. The SMILES string of the molecule is Cc1cc(C)cc(-n2nc(C(=O)O)cc2-c2ccccc2)c1. The molecule has 0 amide bonds. The molecule has 0 atom stereocenters. The van der Waals surface area contributed by atoms with E-state index in [9.17, 15) is 9.90 Å². The van der Waals surface area contributed by atoms with Crippen LogP contribution in [0.25, 0.3) is 16.9 Å². The standard InChI is InChI=1S/C18H16N2O2/c1-12-8-13(2)10-15(9-12)20-17(11-16(19-20)18(21)22)14-6-4-3-5-7-14/h3-11H,1-2H3,(H,21,22). The molecular formula is C18H16N2O2. The average molecular weight is 292 g/mol. The highest BCUT2D eigenvalue weighted by atomic mass is 16.4. The number of benzene rings is 2. The highest BCUT2D eigenvalue weighted by Gasteiger charge is 2.16. The number of aromatic carboxylic acids is 1. The molecule has 0 aliphatic rings. The second-order valence-electron chi connectivity index (χ2n) is 5.34. The zero-order valence-corrected chi connectivity index (χ0v) is 12.4. The summed E-state index contributed by atoms with van der Waals surface area (Å²) in [6.45, 7) is 4.03. The first-order chi connectivity index (χ1) is 10.5. The Bertz CT molecular complexity index is 815. The number of hydrogen-bond donors (Lipinski definition) is 1. The van der Waals surface area contributed by atoms with Gasteiger partial charge >= 0.3 is 5.97 Å². The Hall–Kier alpha value is -2.88. The molecule has 0 radical (unpaired) electrons. The average Bonchev–Trinajstić information content (AvgIpc) is 2.92. The lowest BCUT2D eigenvalue weighted by atomic mass is 10.1. The summed E-state index contributed by atoms with van der Waals surface area (Å²) < 4.78 is 1.69. The molecule has 3 rings (SSSR count). The molecule has 1 aromatic heterocycles. The van der Waals surface area contributed by atoms with Gasteiger partial charge in [0.2, 0.25) is 0 Å². The van der Waals surface area contributed by atoms with Gasteiger partial charge in [-0.25, -0.2) is 9.48 Å². The maximum Gasteiger partial charge on any atom is 0.356 e. The number of carbonyl (C=O) groups is 1. The molecule has 0 aliphatic heterocycles. The van der Waals surface area contributed by atoms with Gasteiger partial charge in [0.15, 0.2) is 5.69 Å². The molecule has 0 fully saturated rings. The third kappa shape index (κ3) is 2.63. The number of aromatic nitrogens is 2. The summed E-state index contributed by atoms with van der Waals surface area (Å²) >= 11 is 0. The fraction of sp³-hybridized carbons (Fsp3) is 0.111. The van der Waals surface area contributed by atoms with Crippen LogP contribution < -0.4 is 0 Å². The maximum absolute atomic E-state index is 11.3. The van der Waals surface area contributed by atoms with Gasteiger partial charge in [0, 0.05) is 5.56 Å². The molecule has 4 nitrogen and oxygen atoms in total. The van der Waals surface area contributed by atoms with Crippen molar-refractivity contribution in [2.45, 2.75) is 13.8 Å². The van der Waals surface area contributed by atoms with Gasteiger partial charge in [-0.2, -0.15) is 5.10 Å². The quantitative estimate of drug-likeness (QED) is 0.797. The Morgan fingerprint density at radius 2 is 1.64 bits per heavy atom. The van der Waals surface area contributed by atoms with E-state index in [4.69, 9.17) is 0 Å². The van der Waals surface area contributed by atoms with Crippen molar-refractivity contribution in [1.29, 1.82) is 0 Å². The summed E-state index contributed by atoms with van der Waals surface area (Å²) in [6, 6.07) is 17.4. The van der Waals surface area contributed by atoms with Gasteiger partial charge in [0.25, 0.3) is 0 Å². The Morgan fingerprint density at radius 1 is 1.00 bits per heavy atom. The first-order valence-corrected chi connectivity index (χ1v) is 7.02. The zero-order valence-electron chi connectivity index (χ0n) is 12.4. The summed E-state index contributed by atoms with van der Waals surface area (Å²) in [6.07, 6.45) is 0. The molecule has 0 aliphatic carbocycles. The minimum atomic E-state index is -1.03. The van der Waals surface area contributed by atoms with Crippen molar-refractivity contribution in [3.8, 4) is 16.9 Å². The molecule has 2 aromatic carbocycles. The highest BCUT2D eigenvalue weighted by Crippen LogP contribution is 2.25. The van der Waals surface area contributed by atoms with Gasteiger partial charge in [0.05, 0.1) is 11.4 Å². The summed E-state index contributed by atoms with van der Waals surface area (Å²) in [5, 5.41) is 13.5. The fourth-order valence-corrected chi connectivity index (χ4v) is 2.57.